The van der Waals surface area contributed by atoms with Gasteiger partial charge in [0.15, 0.2) is 0 Å². The third kappa shape index (κ3) is 9.60. The van der Waals surface area contributed by atoms with Gasteiger partial charge < -0.3 is 10.8 Å². The number of nitrogens with two attached hydrogens (primary N) is 1. The highest BCUT2D eigenvalue weighted by Crippen LogP contribution is 2.22. The highest BCUT2D eigenvalue weighted by atomic mass is 35.5. The highest BCUT2D eigenvalue weighted by Gasteiger charge is 2.26. The molecule has 3 N–H and O–H groups in total. The van der Waals surface area contributed by atoms with Crippen molar-refractivity contribution in [1.82, 2.24) is 0 Å². The second-order valence-corrected chi connectivity index (χ2v) is 2.81. The summed E-state index contributed by atoms with van der Waals surface area (Å²) < 4.78 is 34.8. The molecule has 0 aromatic rings. The Kier molecular flexibility index (Phi) is 7.85. The minimum absolute atomic E-state index is 0. The molecule has 0 aliphatic rings. The SMILES string of the molecule is Cl.NC(CCCCC(F)(F)F)C(=O)O. The van der Waals surface area contributed by atoms with Crippen LogP contribution >= 0.6 is 12.4 Å². The number of rotatable bonds is 5. The zero-order chi connectivity index (χ0) is 10.5. The molecule has 0 bridgehead atoms. The topological polar surface area (TPSA) is 63.3 Å². The van der Waals surface area contributed by atoms with Crippen LogP contribution in [0.2, 0.25) is 0 Å². The maximum atomic E-state index is 11.6. The van der Waals surface area contributed by atoms with E-state index < -0.39 is 24.6 Å². The monoisotopic (exact) mass is 235 g/mol. The van der Waals surface area contributed by atoms with Crippen molar-refractivity contribution in [3.63, 3.8) is 0 Å². The molecular weight excluding hydrogens is 223 g/mol. The summed E-state index contributed by atoms with van der Waals surface area (Å²) in [6.45, 7) is 0. The normalized spacial score (nSPS) is 13.1. The van der Waals surface area contributed by atoms with Crippen LogP contribution in [-0.2, 0) is 4.79 Å². The van der Waals surface area contributed by atoms with E-state index in [1.54, 1.807) is 0 Å². The Hall–Kier alpha value is -0.490. The fourth-order valence-corrected chi connectivity index (χ4v) is 0.813. The zero-order valence-electron chi connectivity index (χ0n) is 7.38. The second kappa shape index (κ2) is 6.89. The first-order valence-electron chi connectivity index (χ1n) is 3.88. The van der Waals surface area contributed by atoms with E-state index in [1.807, 2.05) is 0 Å². The molecule has 0 saturated carbocycles. The minimum atomic E-state index is -4.16. The van der Waals surface area contributed by atoms with Gasteiger partial charge in [0.2, 0.25) is 0 Å². The average molecular weight is 236 g/mol. The number of hydrogen-bond acceptors (Lipinski definition) is 2. The molecule has 3 nitrogen and oxygen atoms in total. The first kappa shape index (κ1) is 16.0. The Labute approximate surface area is 85.9 Å². The van der Waals surface area contributed by atoms with Gasteiger partial charge in [-0.2, -0.15) is 13.2 Å². The first-order valence-corrected chi connectivity index (χ1v) is 3.88. The van der Waals surface area contributed by atoms with E-state index in [9.17, 15) is 18.0 Å². The predicted octanol–water partition coefficient (Wildman–Crippen LogP) is 1.94. The van der Waals surface area contributed by atoms with Crippen LogP contribution in [0.25, 0.3) is 0 Å². The van der Waals surface area contributed by atoms with Crippen molar-refractivity contribution in [3.8, 4) is 0 Å². The molecule has 0 saturated heterocycles. The fourth-order valence-electron chi connectivity index (χ4n) is 0.813. The lowest BCUT2D eigenvalue weighted by Crippen LogP contribution is -2.29. The number of aliphatic carboxylic acids is 1. The van der Waals surface area contributed by atoms with Crippen molar-refractivity contribution in [2.45, 2.75) is 37.9 Å². The highest BCUT2D eigenvalue weighted by molar-refractivity contribution is 5.85. The smallest absolute Gasteiger partial charge is 0.389 e. The molecule has 7 heteroatoms. The van der Waals surface area contributed by atoms with Crippen LogP contribution in [-0.4, -0.2) is 23.3 Å². The van der Waals surface area contributed by atoms with E-state index >= 15 is 0 Å². The molecule has 0 aromatic carbocycles. The predicted molar refractivity (Wildman–Crippen MR) is 47.4 cm³/mol. The third-order valence-corrected chi connectivity index (χ3v) is 1.54. The summed E-state index contributed by atoms with van der Waals surface area (Å²) in [5.74, 6) is -1.17. The molecule has 1 atom stereocenters. The minimum Gasteiger partial charge on any atom is -0.480 e. The van der Waals surface area contributed by atoms with Gasteiger partial charge in [0.05, 0.1) is 0 Å². The van der Waals surface area contributed by atoms with E-state index in [0.717, 1.165) is 0 Å². The van der Waals surface area contributed by atoms with Crippen molar-refractivity contribution < 1.29 is 23.1 Å². The third-order valence-electron chi connectivity index (χ3n) is 1.54. The van der Waals surface area contributed by atoms with Gasteiger partial charge >= 0.3 is 12.1 Å². The molecule has 1 unspecified atom stereocenters. The van der Waals surface area contributed by atoms with Gasteiger partial charge in [-0.3, -0.25) is 4.79 Å². The Morgan fingerprint density at radius 2 is 1.86 bits per heavy atom. The molecule has 0 spiro atoms. The Bertz CT molecular complexity index is 175. The number of carboxylic acid groups (broad SMARTS) is 1. The van der Waals surface area contributed by atoms with Crippen LogP contribution in [0.15, 0.2) is 0 Å². The molecule has 0 fully saturated rings. The van der Waals surface area contributed by atoms with Gasteiger partial charge in [0.1, 0.15) is 6.04 Å². The molecule has 0 aromatic heterocycles. The van der Waals surface area contributed by atoms with Crippen LogP contribution in [0.5, 0.6) is 0 Å². The standard InChI is InChI=1S/C7H12F3NO2.ClH/c8-7(9,10)4-2-1-3-5(11)6(12)13;/h5H,1-4,11H2,(H,12,13);1H. The molecule has 0 aliphatic carbocycles. The number of carbonyl (C=O) groups is 1. The van der Waals surface area contributed by atoms with Crippen molar-refractivity contribution in [2.75, 3.05) is 0 Å². The van der Waals surface area contributed by atoms with Gasteiger partial charge in [-0.1, -0.05) is 6.42 Å². The number of halogens is 4. The summed E-state index contributed by atoms with van der Waals surface area (Å²) in [4.78, 5) is 10.1. The van der Waals surface area contributed by atoms with E-state index in [1.165, 1.54) is 0 Å². The summed E-state index contributed by atoms with van der Waals surface area (Å²) in [6, 6.07) is -1.05. The number of hydrogen-bond donors (Lipinski definition) is 2. The maximum Gasteiger partial charge on any atom is 0.389 e. The molecule has 0 aliphatic heterocycles. The Morgan fingerprint density at radius 1 is 1.36 bits per heavy atom. The van der Waals surface area contributed by atoms with Crippen LogP contribution in [0.4, 0.5) is 13.2 Å². The number of carboxylic acids is 1. The van der Waals surface area contributed by atoms with E-state index in [4.69, 9.17) is 10.8 Å². The van der Waals surface area contributed by atoms with Crippen LogP contribution in [0, 0.1) is 0 Å². The lowest BCUT2D eigenvalue weighted by Gasteiger charge is -2.07. The lowest BCUT2D eigenvalue weighted by atomic mass is 10.1. The largest absolute Gasteiger partial charge is 0.480 e. The molecule has 0 radical (unpaired) electrons. The van der Waals surface area contributed by atoms with E-state index in [-0.39, 0.29) is 31.7 Å². The zero-order valence-corrected chi connectivity index (χ0v) is 8.20. The maximum absolute atomic E-state index is 11.6. The fraction of sp³-hybridized carbons (Fsp3) is 0.857. The van der Waals surface area contributed by atoms with Crippen molar-refractivity contribution in [1.29, 1.82) is 0 Å². The average Bonchev–Trinajstić information content (AvgIpc) is 1.95. The number of unbranched alkanes of at least 4 members (excludes halogenated alkanes) is 1. The molecule has 0 heterocycles. The Morgan fingerprint density at radius 3 is 2.21 bits per heavy atom. The van der Waals surface area contributed by atoms with Gasteiger partial charge in [-0.25, -0.2) is 0 Å². The summed E-state index contributed by atoms with van der Waals surface area (Å²) in [7, 11) is 0. The summed E-state index contributed by atoms with van der Waals surface area (Å²) in [6.07, 6.45) is -4.82. The lowest BCUT2D eigenvalue weighted by molar-refractivity contribution is -0.138. The van der Waals surface area contributed by atoms with E-state index in [0.29, 0.717) is 0 Å². The van der Waals surface area contributed by atoms with E-state index in [2.05, 4.69) is 0 Å². The van der Waals surface area contributed by atoms with Gasteiger partial charge in [-0.15, -0.1) is 12.4 Å². The molecule has 0 amide bonds. The van der Waals surface area contributed by atoms with Gasteiger partial charge in [-0.05, 0) is 12.8 Å². The van der Waals surface area contributed by atoms with Crippen molar-refractivity contribution >= 4 is 18.4 Å². The Balaban J connectivity index is 0. The number of alkyl halides is 3. The van der Waals surface area contributed by atoms with Crippen LogP contribution in [0.3, 0.4) is 0 Å². The first-order chi connectivity index (χ1) is 5.83. The van der Waals surface area contributed by atoms with Crippen molar-refractivity contribution in [2.24, 2.45) is 5.73 Å². The summed E-state index contributed by atoms with van der Waals surface area (Å²) in [5, 5.41) is 8.29. The summed E-state index contributed by atoms with van der Waals surface area (Å²) >= 11 is 0. The van der Waals surface area contributed by atoms with Gasteiger partial charge in [0.25, 0.3) is 0 Å². The van der Waals surface area contributed by atoms with Gasteiger partial charge in [0, 0.05) is 6.42 Å². The molecule has 14 heavy (non-hydrogen) atoms. The quantitative estimate of drug-likeness (QED) is 0.716. The van der Waals surface area contributed by atoms with Crippen LogP contribution in [0.1, 0.15) is 25.7 Å². The summed E-state index contributed by atoms with van der Waals surface area (Å²) in [5.41, 5.74) is 5.09. The molecule has 0 rings (SSSR count). The second-order valence-electron chi connectivity index (χ2n) is 2.81. The molecule has 86 valence electrons. The molecular formula is C7H13ClF3NO2. The van der Waals surface area contributed by atoms with Crippen molar-refractivity contribution in [3.05, 3.63) is 0 Å². The van der Waals surface area contributed by atoms with Crippen LogP contribution < -0.4 is 5.73 Å².